The van der Waals surface area contributed by atoms with Gasteiger partial charge in [0.2, 0.25) is 5.82 Å². The minimum Gasteiger partial charge on any atom is -0.490 e. The Kier molecular flexibility index (Phi) is 7.16. The lowest BCUT2D eigenvalue weighted by molar-refractivity contribution is 0.157. The van der Waals surface area contributed by atoms with E-state index in [9.17, 15) is 8.78 Å². The third kappa shape index (κ3) is 4.66. The van der Waals surface area contributed by atoms with E-state index in [1.165, 1.54) is 44.9 Å². The van der Waals surface area contributed by atoms with Crippen LogP contribution < -0.4 is 4.74 Å². The molecule has 0 bridgehead atoms. The van der Waals surface area contributed by atoms with Gasteiger partial charge in [0.05, 0.1) is 6.61 Å². The van der Waals surface area contributed by atoms with Gasteiger partial charge in [-0.05, 0) is 92.7 Å². The molecule has 2 aliphatic rings. The molecule has 3 rings (SSSR count). The first-order valence-corrected chi connectivity index (χ1v) is 11.2. The van der Waals surface area contributed by atoms with Crippen molar-refractivity contribution in [1.29, 1.82) is 0 Å². The Morgan fingerprint density at radius 1 is 0.889 bits per heavy atom. The minimum absolute atomic E-state index is 0.0666. The van der Waals surface area contributed by atoms with Crippen molar-refractivity contribution in [3.05, 3.63) is 28.8 Å². The molecule has 152 valence electrons. The molecular weight excluding hydrogens is 342 g/mol. The Labute approximate surface area is 163 Å². The second-order valence-corrected chi connectivity index (χ2v) is 8.88. The predicted octanol–water partition coefficient (Wildman–Crippen LogP) is 7.55. The van der Waals surface area contributed by atoms with E-state index < -0.39 is 11.6 Å². The van der Waals surface area contributed by atoms with Crippen LogP contribution in [0.15, 0.2) is 6.07 Å². The summed E-state index contributed by atoms with van der Waals surface area (Å²) in [6.45, 7) is 6.59. The van der Waals surface area contributed by atoms with Gasteiger partial charge in [0.15, 0.2) is 11.6 Å². The van der Waals surface area contributed by atoms with Crippen LogP contribution in [0, 0.1) is 36.3 Å². The van der Waals surface area contributed by atoms with Gasteiger partial charge in [-0.15, -0.1) is 0 Å². The predicted molar refractivity (Wildman–Crippen MR) is 107 cm³/mol. The van der Waals surface area contributed by atoms with Crippen LogP contribution in [0.1, 0.15) is 95.1 Å². The quantitative estimate of drug-likeness (QED) is 0.496. The van der Waals surface area contributed by atoms with E-state index in [-0.39, 0.29) is 11.7 Å². The summed E-state index contributed by atoms with van der Waals surface area (Å²) in [5.41, 5.74) is 1.44. The van der Waals surface area contributed by atoms with E-state index >= 15 is 0 Å². The van der Waals surface area contributed by atoms with Gasteiger partial charge in [0.1, 0.15) is 0 Å². The van der Waals surface area contributed by atoms with E-state index in [0.717, 1.165) is 42.6 Å². The van der Waals surface area contributed by atoms with Gasteiger partial charge in [-0.3, -0.25) is 0 Å². The molecule has 2 aliphatic carbocycles. The van der Waals surface area contributed by atoms with E-state index in [1.54, 1.807) is 6.07 Å². The molecule has 0 amide bonds. The molecular formula is C24H36F2O. The number of halogens is 2. The number of rotatable bonds is 6. The Balaban J connectivity index is 1.63. The summed E-state index contributed by atoms with van der Waals surface area (Å²) < 4.78 is 34.7. The smallest absolute Gasteiger partial charge is 0.200 e. The monoisotopic (exact) mass is 378 g/mol. The van der Waals surface area contributed by atoms with Gasteiger partial charge in [-0.1, -0.05) is 33.1 Å². The maximum Gasteiger partial charge on any atom is 0.200 e. The average molecular weight is 379 g/mol. The summed E-state index contributed by atoms with van der Waals surface area (Å²) in [6, 6.07) is 1.70. The Bertz CT molecular complexity index is 611. The zero-order valence-corrected chi connectivity index (χ0v) is 17.3. The zero-order chi connectivity index (χ0) is 19.4. The Morgan fingerprint density at radius 3 is 2.04 bits per heavy atom. The van der Waals surface area contributed by atoms with E-state index in [4.69, 9.17) is 4.74 Å². The fraction of sp³-hybridized carbons (Fsp3) is 0.750. The van der Waals surface area contributed by atoms with Crippen LogP contribution in [0.5, 0.6) is 5.75 Å². The van der Waals surface area contributed by atoms with Crippen molar-refractivity contribution in [2.45, 2.75) is 90.9 Å². The molecule has 1 nitrogen and oxygen atoms in total. The molecule has 0 heterocycles. The van der Waals surface area contributed by atoms with Gasteiger partial charge >= 0.3 is 0 Å². The van der Waals surface area contributed by atoms with Crippen molar-refractivity contribution in [3.8, 4) is 5.75 Å². The van der Waals surface area contributed by atoms with Crippen LogP contribution in [0.4, 0.5) is 8.78 Å². The van der Waals surface area contributed by atoms with E-state index in [1.807, 2.05) is 13.8 Å². The van der Waals surface area contributed by atoms with Gasteiger partial charge in [0, 0.05) is 0 Å². The molecule has 1 aromatic carbocycles. The van der Waals surface area contributed by atoms with Gasteiger partial charge < -0.3 is 4.74 Å². The Morgan fingerprint density at radius 2 is 1.48 bits per heavy atom. The third-order valence-corrected chi connectivity index (χ3v) is 7.20. The molecule has 0 radical (unpaired) electrons. The molecule has 0 aliphatic heterocycles. The first-order chi connectivity index (χ1) is 13.0. The molecule has 3 heteroatoms. The van der Waals surface area contributed by atoms with Crippen molar-refractivity contribution in [3.63, 3.8) is 0 Å². The number of hydrogen-bond acceptors (Lipinski definition) is 1. The highest BCUT2D eigenvalue weighted by Crippen LogP contribution is 2.46. The standard InChI is InChI=1S/C24H36F2O/c1-4-14-27-21-15-16(3)22(24(26)23(21)25)20-12-10-19(11-13-20)18-8-6-17(5-2)7-9-18/h15,17-20H,4-14H2,1-3H3. The van der Waals surface area contributed by atoms with Crippen LogP contribution in [-0.4, -0.2) is 6.61 Å². The summed E-state index contributed by atoms with van der Waals surface area (Å²) in [4.78, 5) is 0. The molecule has 2 saturated carbocycles. The Hall–Kier alpha value is -1.12. The molecule has 0 N–H and O–H groups in total. The molecule has 0 spiro atoms. The maximum atomic E-state index is 14.8. The summed E-state index contributed by atoms with van der Waals surface area (Å²) in [5, 5.41) is 0. The lowest BCUT2D eigenvalue weighted by atomic mass is 9.68. The second-order valence-electron chi connectivity index (χ2n) is 8.88. The summed E-state index contributed by atoms with van der Waals surface area (Å²) >= 11 is 0. The lowest BCUT2D eigenvalue weighted by Gasteiger charge is -2.38. The number of ether oxygens (including phenoxy) is 1. The molecule has 0 saturated heterocycles. The molecule has 0 unspecified atom stereocenters. The van der Waals surface area contributed by atoms with Crippen molar-refractivity contribution in [2.75, 3.05) is 6.61 Å². The SMILES string of the molecule is CCCOc1cc(C)c(C2CCC(C3CCC(CC)CC3)CC2)c(F)c1F. The van der Waals surface area contributed by atoms with Crippen molar-refractivity contribution in [2.24, 2.45) is 17.8 Å². The second kappa shape index (κ2) is 9.39. The average Bonchev–Trinajstić information content (AvgIpc) is 2.70. The highest BCUT2D eigenvalue weighted by Gasteiger charge is 2.33. The zero-order valence-electron chi connectivity index (χ0n) is 17.3. The van der Waals surface area contributed by atoms with Gasteiger partial charge in [-0.2, -0.15) is 4.39 Å². The summed E-state index contributed by atoms with van der Waals surface area (Å²) in [7, 11) is 0. The van der Waals surface area contributed by atoms with E-state index in [2.05, 4.69) is 6.92 Å². The third-order valence-electron chi connectivity index (χ3n) is 7.20. The van der Waals surface area contributed by atoms with E-state index in [0.29, 0.717) is 12.2 Å². The minimum atomic E-state index is -0.802. The van der Waals surface area contributed by atoms with Crippen LogP contribution in [-0.2, 0) is 0 Å². The molecule has 0 aromatic heterocycles. The fourth-order valence-corrected chi connectivity index (χ4v) is 5.50. The van der Waals surface area contributed by atoms with Crippen LogP contribution in [0.3, 0.4) is 0 Å². The van der Waals surface area contributed by atoms with Gasteiger partial charge in [-0.25, -0.2) is 4.39 Å². The summed E-state index contributed by atoms with van der Waals surface area (Å²) in [5.74, 6) is 1.34. The molecule has 0 atom stereocenters. The maximum absolute atomic E-state index is 14.8. The number of aryl methyl sites for hydroxylation is 1. The van der Waals surface area contributed by atoms with Crippen LogP contribution in [0.2, 0.25) is 0 Å². The lowest BCUT2D eigenvalue weighted by Crippen LogP contribution is -2.25. The number of benzene rings is 1. The van der Waals surface area contributed by atoms with Crippen molar-refractivity contribution < 1.29 is 13.5 Å². The van der Waals surface area contributed by atoms with Crippen molar-refractivity contribution in [1.82, 2.24) is 0 Å². The first kappa shape index (κ1) is 20.6. The molecule has 1 aromatic rings. The normalized spacial score (nSPS) is 28.9. The van der Waals surface area contributed by atoms with Crippen molar-refractivity contribution >= 4 is 0 Å². The van der Waals surface area contributed by atoms with Gasteiger partial charge in [0.25, 0.3) is 0 Å². The fourth-order valence-electron chi connectivity index (χ4n) is 5.50. The molecule has 2 fully saturated rings. The highest BCUT2D eigenvalue weighted by atomic mass is 19.2. The first-order valence-electron chi connectivity index (χ1n) is 11.2. The van der Waals surface area contributed by atoms with Crippen LogP contribution >= 0.6 is 0 Å². The summed E-state index contributed by atoms with van der Waals surface area (Å²) in [6.07, 6.45) is 11.9. The molecule has 27 heavy (non-hydrogen) atoms. The largest absolute Gasteiger partial charge is 0.490 e. The number of hydrogen-bond donors (Lipinski definition) is 0. The topological polar surface area (TPSA) is 9.23 Å². The highest BCUT2D eigenvalue weighted by molar-refractivity contribution is 5.40. The van der Waals surface area contributed by atoms with Crippen LogP contribution in [0.25, 0.3) is 0 Å².